The van der Waals surface area contributed by atoms with E-state index in [0.717, 1.165) is 0 Å². The maximum Gasteiger partial charge on any atom is 0.257 e. The first-order valence-electron chi connectivity index (χ1n) is 6.65. The standard InChI is InChI=1S/C15H14ClFN6O/c16-8-4-5-12(22-15(20)23-14(18)19)11(6-8)13(24)21-10-3-1-2-9(17)7-10/h1-7H,(H,21,24)(H6,18,19,20,22,23). The van der Waals surface area contributed by atoms with Gasteiger partial charge in [-0.25, -0.2) is 9.38 Å². The number of hydrogen-bond acceptors (Lipinski definition) is 2. The highest BCUT2D eigenvalue weighted by Crippen LogP contribution is 2.24. The summed E-state index contributed by atoms with van der Waals surface area (Å²) in [5.41, 5.74) is 16.6. The van der Waals surface area contributed by atoms with Crippen molar-refractivity contribution < 1.29 is 9.18 Å². The van der Waals surface area contributed by atoms with Gasteiger partial charge in [-0.1, -0.05) is 17.7 Å². The molecule has 0 bridgehead atoms. The molecule has 7 N–H and O–H groups in total. The number of amides is 1. The molecule has 0 heterocycles. The van der Waals surface area contributed by atoms with E-state index in [0.29, 0.717) is 5.02 Å². The molecular weight excluding hydrogens is 335 g/mol. The number of guanidine groups is 2. The number of carbonyl (C=O) groups is 1. The van der Waals surface area contributed by atoms with Crippen molar-refractivity contribution in [2.75, 3.05) is 5.32 Å². The van der Waals surface area contributed by atoms with E-state index in [9.17, 15) is 9.18 Å². The predicted molar refractivity (Wildman–Crippen MR) is 92.9 cm³/mol. The van der Waals surface area contributed by atoms with Gasteiger partial charge in [-0.15, -0.1) is 0 Å². The van der Waals surface area contributed by atoms with E-state index in [4.69, 9.17) is 28.8 Å². The zero-order chi connectivity index (χ0) is 17.7. The van der Waals surface area contributed by atoms with Crippen molar-refractivity contribution in [2.45, 2.75) is 0 Å². The average molecular weight is 349 g/mol. The Morgan fingerprint density at radius 2 is 1.88 bits per heavy atom. The Labute approximate surface area is 142 Å². The van der Waals surface area contributed by atoms with Gasteiger partial charge in [0.2, 0.25) is 5.96 Å². The van der Waals surface area contributed by atoms with E-state index < -0.39 is 11.7 Å². The number of aliphatic imine (C=N–C) groups is 2. The summed E-state index contributed by atoms with van der Waals surface area (Å²) in [6.45, 7) is 0. The molecule has 0 saturated carbocycles. The quantitative estimate of drug-likeness (QED) is 0.498. The number of anilines is 1. The number of benzene rings is 2. The van der Waals surface area contributed by atoms with Gasteiger partial charge in [-0.3, -0.25) is 4.79 Å². The van der Waals surface area contributed by atoms with Crippen LogP contribution >= 0.6 is 11.6 Å². The summed E-state index contributed by atoms with van der Waals surface area (Å²) < 4.78 is 13.2. The van der Waals surface area contributed by atoms with Crippen LogP contribution in [0, 0.1) is 5.82 Å². The molecule has 0 aromatic heterocycles. The first-order valence-corrected chi connectivity index (χ1v) is 7.03. The van der Waals surface area contributed by atoms with Gasteiger partial charge in [-0.05, 0) is 36.4 Å². The second-order valence-corrected chi connectivity index (χ2v) is 5.07. The highest BCUT2D eigenvalue weighted by molar-refractivity contribution is 6.31. The van der Waals surface area contributed by atoms with Crippen molar-refractivity contribution in [1.82, 2.24) is 0 Å². The van der Waals surface area contributed by atoms with Crippen molar-refractivity contribution in [3.63, 3.8) is 0 Å². The molecule has 2 aromatic carbocycles. The maximum absolute atomic E-state index is 13.2. The molecule has 0 aliphatic heterocycles. The summed E-state index contributed by atoms with van der Waals surface area (Å²) in [5, 5.41) is 2.87. The number of carbonyl (C=O) groups excluding carboxylic acids is 1. The largest absolute Gasteiger partial charge is 0.370 e. The van der Waals surface area contributed by atoms with Crippen LogP contribution in [0.5, 0.6) is 0 Å². The van der Waals surface area contributed by atoms with Gasteiger partial charge in [0.25, 0.3) is 5.91 Å². The van der Waals surface area contributed by atoms with Crippen LogP contribution in [0.25, 0.3) is 0 Å². The van der Waals surface area contributed by atoms with Crippen LogP contribution < -0.4 is 22.5 Å². The third kappa shape index (κ3) is 4.68. The number of nitrogens with one attached hydrogen (secondary N) is 1. The smallest absolute Gasteiger partial charge is 0.257 e. The van der Waals surface area contributed by atoms with Gasteiger partial charge in [0.1, 0.15) is 5.82 Å². The molecule has 24 heavy (non-hydrogen) atoms. The van der Waals surface area contributed by atoms with Gasteiger partial charge in [-0.2, -0.15) is 4.99 Å². The lowest BCUT2D eigenvalue weighted by Gasteiger charge is -2.08. The van der Waals surface area contributed by atoms with Crippen LogP contribution in [-0.2, 0) is 0 Å². The second kappa shape index (κ2) is 7.42. The summed E-state index contributed by atoms with van der Waals surface area (Å²) in [5.74, 6) is -1.51. The maximum atomic E-state index is 13.2. The Balaban J connectivity index is 2.36. The van der Waals surface area contributed by atoms with E-state index in [1.165, 1.54) is 36.4 Å². The molecule has 0 unspecified atom stereocenters. The normalized spacial score (nSPS) is 11.0. The molecule has 0 aliphatic rings. The molecule has 0 atom stereocenters. The molecule has 0 fully saturated rings. The van der Waals surface area contributed by atoms with Crippen molar-refractivity contribution >= 4 is 40.8 Å². The molecule has 0 aliphatic carbocycles. The highest BCUT2D eigenvalue weighted by Gasteiger charge is 2.13. The topological polar surface area (TPSA) is 132 Å². The molecular formula is C15H14ClFN6O. The Morgan fingerprint density at radius 1 is 1.12 bits per heavy atom. The lowest BCUT2D eigenvalue weighted by molar-refractivity contribution is 0.102. The fourth-order valence-electron chi connectivity index (χ4n) is 1.83. The van der Waals surface area contributed by atoms with Crippen LogP contribution in [0.3, 0.4) is 0 Å². The summed E-state index contributed by atoms with van der Waals surface area (Å²) in [6, 6.07) is 9.87. The van der Waals surface area contributed by atoms with Gasteiger partial charge in [0, 0.05) is 10.7 Å². The Kier molecular flexibility index (Phi) is 5.33. The fraction of sp³-hybridized carbons (Fsp3) is 0. The minimum absolute atomic E-state index is 0.125. The Morgan fingerprint density at radius 3 is 2.54 bits per heavy atom. The van der Waals surface area contributed by atoms with E-state index in [1.807, 2.05) is 0 Å². The lowest BCUT2D eigenvalue weighted by Crippen LogP contribution is -2.26. The first kappa shape index (κ1) is 17.2. The van der Waals surface area contributed by atoms with Crippen LogP contribution in [0.2, 0.25) is 5.02 Å². The number of nitrogens with zero attached hydrogens (tertiary/aromatic N) is 2. The monoisotopic (exact) mass is 348 g/mol. The number of halogens is 2. The van der Waals surface area contributed by atoms with Gasteiger partial charge >= 0.3 is 0 Å². The predicted octanol–water partition coefficient (Wildman–Crippen LogP) is 1.95. The minimum Gasteiger partial charge on any atom is -0.370 e. The average Bonchev–Trinajstić information content (AvgIpc) is 2.48. The molecule has 1 amide bonds. The number of nitrogens with two attached hydrogens (primary N) is 3. The van der Waals surface area contributed by atoms with Crippen LogP contribution in [0.15, 0.2) is 52.4 Å². The SMILES string of the molecule is NC(N)=NC(N)=Nc1ccc(Cl)cc1C(=O)Nc1cccc(F)c1. The van der Waals surface area contributed by atoms with Gasteiger partial charge < -0.3 is 22.5 Å². The Bertz CT molecular complexity index is 832. The van der Waals surface area contributed by atoms with Crippen LogP contribution in [0.1, 0.15) is 10.4 Å². The van der Waals surface area contributed by atoms with E-state index in [1.54, 1.807) is 6.07 Å². The van der Waals surface area contributed by atoms with Crippen LogP contribution in [0.4, 0.5) is 15.8 Å². The zero-order valence-corrected chi connectivity index (χ0v) is 13.1. The zero-order valence-electron chi connectivity index (χ0n) is 12.3. The molecule has 9 heteroatoms. The number of rotatable bonds is 3. The van der Waals surface area contributed by atoms with Gasteiger partial charge in [0.05, 0.1) is 11.3 Å². The first-order chi connectivity index (χ1) is 11.3. The van der Waals surface area contributed by atoms with E-state index in [-0.39, 0.29) is 28.9 Å². The molecule has 0 spiro atoms. The number of hydrogen-bond donors (Lipinski definition) is 4. The Hall–Kier alpha value is -3.13. The molecule has 0 radical (unpaired) electrons. The second-order valence-electron chi connectivity index (χ2n) is 4.63. The summed E-state index contributed by atoms with van der Waals surface area (Å²) in [7, 11) is 0. The minimum atomic E-state index is -0.542. The third-order valence-electron chi connectivity index (χ3n) is 2.76. The van der Waals surface area contributed by atoms with Crippen molar-refractivity contribution in [3.05, 3.63) is 58.9 Å². The molecule has 2 rings (SSSR count). The summed E-state index contributed by atoms with van der Waals surface area (Å²) >= 11 is 5.92. The summed E-state index contributed by atoms with van der Waals surface area (Å²) in [4.78, 5) is 20.0. The summed E-state index contributed by atoms with van der Waals surface area (Å²) in [6.07, 6.45) is 0. The third-order valence-corrected chi connectivity index (χ3v) is 3.00. The van der Waals surface area contributed by atoms with E-state index >= 15 is 0 Å². The molecule has 2 aromatic rings. The van der Waals surface area contributed by atoms with E-state index in [2.05, 4.69) is 15.3 Å². The molecule has 0 saturated heterocycles. The van der Waals surface area contributed by atoms with Crippen molar-refractivity contribution in [1.29, 1.82) is 0 Å². The highest BCUT2D eigenvalue weighted by atomic mass is 35.5. The van der Waals surface area contributed by atoms with Crippen LogP contribution in [-0.4, -0.2) is 17.8 Å². The molecule has 7 nitrogen and oxygen atoms in total. The van der Waals surface area contributed by atoms with Crippen molar-refractivity contribution in [3.8, 4) is 0 Å². The van der Waals surface area contributed by atoms with Gasteiger partial charge in [0.15, 0.2) is 5.96 Å². The fourth-order valence-corrected chi connectivity index (χ4v) is 2.01. The van der Waals surface area contributed by atoms with Crippen molar-refractivity contribution in [2.24, 2.45) is 27.2 Å². The lowest BCUT2D eigenvalue weighted by atomic mass is 10.1. The molecule has 124 valence electrons.